The van der Waals surface area contributed by atoms with E-state index in [-0.39, 0.29) is 0 Å². The predicted octanol–water partition coefficient (Wildman–Crippen LogP) is 6.78. The summed E-state index contributed by atoms with van der Waals surface area (Å²) in [5.74, 6) is 12.9. The molecular weight excluding hydrogens is 409 g/mol. The van der Waals surface area contributed by atoms with E-state index in [4.69, 9.17) is 0 Å². The van der Waals surface area contributed by atoms with Crippen molar-refractivity contribution < 1.29 is 0 Å². The van der Waals surface area contributed by atoms with Crippen LogP contribution in [0.25, 0.3) is 0 Å². The van der Waals surface area contributed by atoms with Crippen molar-refractivity contribution in [2.24, 2.45) is 11.8 Å². The average Bonchev–Trinajstić information content (AvgIpc) is 3.44. The fourth-order valence-electron chi connectivity index (χ4n) is 2.35. The Labute approximate surface area is 174 Å². The zero-order chi connectivity index (χ0) is 16.5. The van der Waals surface area contributed by atoms with Gasteiger partial charge in [0.1, 0.15) is 0 Å². The third-order valence-electron chi connectivity index (χ3n) is 4.25. The maximum Gasteiger partial charge on any atom is 0.0514 e. The Balaban J connectivity index is 1.21. The van der Waals surface area contributed by atoms with E-state index in [0.717, 1.165) is 16.4 Å². The van der Waals surface area contributed by atoms with Crippen LogP contribution in [0.4, 0.5) is 0 Å². The molecule has 2 saturated carbocycles. The first kappa shape index (κ1) is 20.6. The second kappa shape index (κ2) is 12.3. The highest BCUT2D eigenvalue weighted by Gasteiger charge is 2.21. The lowest BCUT2D eigenvalue weighted by atomic mass is 10.5. The molecule has 1 aliphatic heterocycles. The van der Waals surface area contributed by atoms with Crippen molar-refractivity contribution >= 4 is 70.6 Å². The highest BCUT2D eigenvalue weighted by molar-refractivity contribution is 8.18. The van der Waals surface area contributed by atoms with Crippen molar-refractivity contribution in [3.63, 3.8) is 0 Å². The lowest BCUT2D eigenvalue weighted by Crippen LogP contribution is -2.05. The molecule has 0 bridgehead atoms. The summed E-state index contributed by atoms with van der Waals surface area (Å²) in [6, 6.07) is 0. The van der Waals surface area contributed by atoms with Gasteiger partial charge in [-0.1, -0.05) is 0 Å². The van der Waals surface area contributed by atoms with Crippen LogP contribution in [0.2, 0.25) is 0 Å². The van der Waals surface area contributed by atoms with Gasteiger partial charge in [-0.2, -0.15) is 23.5 Å². The Bertz CT molecular complexity index is 378. The Morgan fingerprint density at radius 1 is 0.875 bits per heavy atom. The molecule has 0 nitrogen and oxygen atoms in total. The summed E-state index contributed by atoms with van der Waals surface area (Å²) in [4.78, 5) is 1.63. The topological polar surface area (TPSA) is 0 Å². The molecule has 0 aromatic carbocycles. The molecule has 1 heterocycles. The van der Waals surface area contributed by atoms with Gasteiger partial charge in [0.25, 0.3) is 0 Å². The molecule has 0 spiro atoms. The van der Waals surface area contributed by atoms with Gasteiger partial charge in [-0.15, -0.1) is 47.0 Å². The maximum absolute atomic E-state index is 2.45. The Morgan fingerprint density at radius 2 is 1.58 bits per heavy atom. The van der Waals surface area contributed by atoms with Gasteiger partial charge in [-0.3, -0.25) is 0 Å². The summed E-state index contributed by atoms with van der Waals surface area (Å²) >= 11 is 13.0. The standard InChI is InChI=1S/C18H30S6/c1-2-15(1)11-20-7-9-22-17-13-19-6-5-18(24-14-17)23-10-8-21-12-16-3-4-16/h13,15-16,18H,1-12,14H2. The molecule has 0 amide bonds. The third-order valence-corrected chi connectivity index (χ3v) is 12.4. The minimum absolute atomic E-state index is 0.826. The summed E-state index contributed by atoms with van der Waals surface area (Å²) in [5, 5.41) is 2.45. The molecular formula is C18H30S6. The van der Waals surface area contributed by atoms with Gasteiger partial charge >= 0.3 is 0 Å². The van der Waals surface area contributed by atoms with Crippen molar-refractivity contribution in [3.05, 3.63) is 10.3 Å². The first-order valence-electron chi connectivity index (χ1n) is 9.22. The molecule has 0 aromatic rings. The maximum atomic E-state index is 2.45. The average molecular weight is 439 g/mol. The van der Waals surface area contributed by atoms with Crippen LogP contribution in [0.5, 0.6) is 0 Å². The monoisotopic (exact) mass is 438 g/mol. The van der Waals surface area contributed by atoms with Crippen LogP contribution in [-0.2, 0) is 0 Å². The minimum atomic E-state index is 0.826. The molecule has 138 valence electrons. The Hall–Kier alpha value is 1.84. The van der Waals surface area contributed by atoms with Crippen LogP contribution in [-0.4, -0.2) is 50.6 Å². The van der Waals surface area contributed by atoms with Crippen molar-refractivity contribution in [3.8, 4) is 0 Å². The molecule has 2 aliphatic carbocycles. The fourth-order valence-corrected chi connectivity index (χ4v) is 10.3. The van der Waals surface area contributed by atoms with Crippen molar-refractivity contribution in [1.82, 2.24) is 0 Å². The van der Waals surface area contributed by atoms with E-state index in [9.17, 15) is 0 Å². The van der Waals surface area contributed by atoms with E-state index >= 15 is 0 Å². The van der Waals surface area contributed by atoms with Crippen LogP contribution in [0, 0.1) is 11.8 Å². The van der Waals surface area contributed by atoms with Gasteiger partial charge < -0.3 is 0 Å². The van der Waals surface area contributed by atoms with Gasteiger partial charge in [0.05, 0.1) is 4.58 Å². The second-order valence-corrected chi connectivity index (χ2v) is 14.0. The van der Waals surface area contributed by atoms with Gasteiger partial charge in [-0.05, 0) is 66.6 Å². The zero-order valence-electron chi connectivity index (χ0n) is 14.5. The summed E-state index contributed by atoms with van der Waals surface area (Å²) in [6.45, 7) is 0. The lowest BCUT2D eigenvalue weighted by molar-refractivity contribution is 1.00. The molecule has 0 saturated heterocycles. The highest BCUT2D eigenvalue weighted by Crippen LogP contribution is 2.37. The van der Waals surface area contributed by atoms with Crippen LogP contribution in [0.3, 0.4) is 0 Å². The fraction of sp³-hybridized carbons (Fsp3) is 0.889. The van der Waals surface area contributed by atoms with E-state index in [2.05, 4.69) is 76.0 Å². The molecule has 0 radical (unpaired) electrons. The number of thioether (sulfide) groups is 6. The first-order chi connectivity index (χ1) is 11.9. The Morgan fingerprint density at radius 3 is 2.29 bits per heavy atom. The number of hydrogen-bond donors (Lipinski definition) is 0. The Kier molecular flexibility index (Phi) is 10.6. The summed E-state index contributed by atoms with van der Waals surface area (Å²) in [7, 11) is 0. The molecule has 0 aromatic heterocycles. The quantitative estimate of drug-likeness (QED) is 0.306. The van der Waals surface area contributed by atoms with Crippen molar-refractivity contribution in [2.45, 2.75) is 36.7 Å². The third kappa shape index (κ3) is 9.68. The van der Waals surface area contributed by atoms with Crippen LogP contribution >= 0.6 is 70.6 Å². The number of hydrogen-bond acceptors (Lipinski definition) is 6. The molecule has 24 heavy (non-hydrogen) atoms. The lowest BCUT2D eigenvalue weighted by Gasteiger charge is -2.19. The number of rotatable bonds is 12. The predicted molar refractivity (Wildman–Crippen MR) is 126 cm³/mol. The largest absolute Gasteiger partial charge is 0.161 e. The van der Waals surface area contributed by atoms with Gasteiger partial charge in [-0.25, -0.2) is 0 Å². The van der Waals surface area contributed by atoms with Crippen LogP contribution in [0.15, 0.2) is 10.3 Å². The van der Waals surface area contributed by atoms with Crippen molar-refractivity contribution in [1.29, 1.82) is 0 Å². The summed E-state index contributed by atoms with van der Waals surface area (Å²) in [5.41, 5.74) is 0. The van der Waals surface area contributed by atoms with Gasteiger partial charge in [0, 0.05) is 33.7 Å². The van der Waals surface area contributed by atoms with Crippen LogP contribution in [0.1, 0.15) is 32.1 Å². The second-order valence-electron chi connectivity index (χ2n) is 6.74. The molecule has 1 atom stereocenters. The zero-order valence-corrected chi connectivity index (χ0v) is 19.4. The minimum Gasteiger partial charge on any atom is -0.161 e. The van der Waals surface area contributed by atoms with Gasteiger partial charge in [0.2, 0.25) is 0 Å². The summed E-state index contributed by atoms with van der Waals surface area (Å²) in [6.07, 6.45) is 7.37. The molecule has 2 fully saturated rings. The normalized spacial score (nSPS) is 25.2. The highest BCUT2D eigenvalue weighted by atomic mass is 32.2. The van der Waals surface area contributed by atoms with E-state index in [1.165, 1.54) is 78.1 Å². The van der Waals surface area contributed by atoms with Crippen molar-refractivity contribution in [2.75, 3.05) is 46.0 Å². The molecule has 0 N–H and O–H groups in total. The molecule has 6 heteroatoms. The van der Waals surface area contributed by atoms with E-state index in [0.29, 0.717) is 0 Å². The smallest absolute Gasteiger partial charge is 0.0514 e. The SMILES string of the molecule is C1=C(SCCSCC2CC2)CSC(SCCSCC2CC2)CCS1. The van der Waals surface area contributed by atoms with E-state index in [1.807, 2.05) is 0 Å². The molecule has 3 rings (SSSR count). The van der Waals surface area contributed by atoms with Crippen LogP contribution < -0.4 is 0 Å². The van der Waals surface area contributed by atoms with E-state index < -0.39 is 0 Å². The van der Waals surface area contributed by atoms with E-state index in [1.54, 1.807) is 4.91 Å². The van der Waals surface area contributed by atoms with Gasteiger partial charge in [0.15, 0.2) is 0 Å². The molecule has 1 unspecified atom stereocenters. The summed E-state index contributed by atoms with van der Waals surface area (Å²) < 4.78 is 0.826. The first-order valence-corrected chi connectivity index (χ1v) is 15.7. The molecule has 3 aliphatic rings.